The fraction of sp³-hybridized carbons (Fsp3) is 0.973. The van der Waals surface area contributed by atoms with E-state index in [1.807, 2.05) is 21.1 Å². The summed E-state index contributed by atoms with van der Waals surface area (Å²) in [7, 11) is 1.62. The molecular formula is C37H78N2O6P+. The normalized spacial score (nSPS) is 14.7. The van der Waals surface area contributed by atoms with Gasteiger partial charge in [0.1, 0.15) is 13.2 Å². The van der Waals surface area contributed by atoms with Crippen LogP contribution in [0.5, 0.6) is 0 Å². The van der Waals surface area contributed by atoms with Crippen molar-refractivity contribution in [2.75, 3.05) is 40.9 Å². The number of likely N-dealkylation sites (N-methyl/N-ethyl adjacent to an activating group) is 1. The molecule has 0 aromatic carbocycles. The number of rotatable bonds is 35. The molecule has 0 bridgehead atoms. The van der Waals surface area contributed by atoms with E-state index in [4.69, 9.17) is 9.05 Å². The van der Waals surface area contributed by atoms with Crippen molar-refractivity contribution in [3.8, 4) is 0 Å². The first-order chi connectivity index (χ1) is 22.0. The molecule has 0 rings (SSSR count). The van der Waals surface area contributed by atoms with Crippen molar-refractivity contribution in [2.24, 2.45) is 0 Å². The van der Waals surface area contributed by atoms with E-state index in [9.17, 15) is 19.4 Å². The van der Waals surface area contributed by atoms with Crippen LogP contribution in [0.3, 0.4) is 0 Å². The summed E-state index contributed by atoms with van der Waals surface area (Å²) in [6.45, 7) is 4.86. The molecule has 3 atom stereocenters. The van der Waals surface area contributed by atoms with E-state index in [1.54, 1.807) is 0 Å². The van der Waals surface area contributed by atoms with Gasteiger partial charge in [0.15, 0.2) is 0 Å². The van der Waals surface area contributed by atoms with Gasteiger partial charge < -0.3 is 19.8 Å². The van der Waals surface area contributed by atoms with Crippen molar-refractivity contribution in [3.05, 3.63) is 0 Å². The van der Waals surface area contributed by atoms with Crippen molar-refractivity contribution >= 4 is 13.7 Å². The van der Waals surface area contributed by atoms with E-state index >= 15 is 0 Å². The topological polar surface area (TPSA) is 105 Å². The Bertz CT molecular complexity index is 733. The molecule has 276 valence electrons. The Hall–Kier alpha value is -0.500. The van der Waals surface area contributed by atoms with Gasteiger partial charge in [-0.15, -0.1) is 0 Å². The second kappa shape index (κ2) is 30.6. The van der Waals surface area contributed by atoms with Gasteiger partial charge in [0.2, 0.25) is 5.91 Å². The number of aliphatic hydroxyl groups excluding tert-OH is 1. The van der Waals surface area contributed by atoms with Crippen LogP contribution in [-0.4, -0.2) is 73.4 Å². The third-order valence-electron chi connectivity index (χ3n) is 8.86. The number of hydrogen-bond acceptors (Lipinski definition) is 5. The number of carbonyl (C=O) groups excluding carboxylic acids is 1. The van der Waals surface area contributed by atoms with Crippen molar-refractivity contribution < 1.29 is 32.9 Å². The van der Waals surface area contributed by atoms with Crippen molar-refractivity contribution in [2.45, 2.75) is 193 Å². The number of carbonyl (C=O) groups is 1. The summed E-state index contributed by atoms with van der Waals surface area (Å²) < 4.78 is 23.5. The number of quaternary nitrogens is 1. The number of amides is 1. The zero-order valence-corrected chi connectivity index (χ0v) is 32.0. The first kappa shape index (κ1) is 45.5. The quantitative estimate of drug-likeness (QED) is 0.0350. The van der Waals surface area contributed by atoms with Crippen molar-refractivity contribution in [1.29, 1.82) is 0 Å². The third kappa shape index (κ3) is 32.1. The average molecular weight is 678 g/mol. The Morgan fingerprint density at radius 1 is 0.652 bits per heavy atom. The van der Waals surface area contributed by atoms with Crippen LogP contribution in [0.2, 0.25) is 0 Å². The van der Waals surface area contributed by atoms with E-state index in [1.165, 1.54) is 116 Å². The number of hydrogen-bond donors (Lipinski definition) is 3. The van der Waals surface area contributed by atoms with Crippen LogP contribution in [-0.2, 0) is 18.4 Å². The maximum absolute atomic E-state index is 12.7. The lowest BCUT2D eigenvalue weighted by atomic mass is 10.0. The smallest absolute Gasteiger partial charge is 0.391 e. The number of phosphoric ester groups is 1. The van der Waals surface area contributed by atoms with Crippen LogP contribution in [0, 0.1) is 0 Å². The Kier molecular flexibility index (Phi) is 30.2. The molecule has 0 aliphatic rings. The Morgan fingerprint density at radius 2 is 1.04 bits per heavy atom. The summed E-state index contributed by atoms with van der Waals surface area (Å²) >= 11 is 0. The fourth-order valence-corrected chi connectivity index (χ4v) is 6.43. The maximum atomic E-state index is 12.7. The van der Waals surface area contributed by atoms with Crippen LogP contribution in [0.4, 0.5) is 0 Å². The van der Waals surface area contributed by atoms with Gasteiger partial charge in [-0.1, -0.05) is 162 Å². The lowest BCUT2D eigenvalue weighted by Gasteiger charge is -2.26. The minimum atomic E-state index is -4.30. The van der Waals surface area contributed by atoms with E-state index in [2.05, 4.69) is 19.2 Å². The SMILES string of the molecule is CCCCCCCCCCCCCCCCC[C@@H](O)[C@H](COP(=O)(O)OCC[N+](C)(C)C)NC(=O)CCCCCCCCCCC. The number of phosphoric acid groups is 1. The summed E-state index contributed by atoms with van der Waals surface area (Å²) in [6.07, 6.45) is 29.8. The lowest BCUT2D eigenvalue weighted by molar-refractivity contribution is -0.870. The van der Waals surface area contributed by atoms with E-state index in [-0.39, 0.29) is 19.1 Å². The number of aliphatic hydroxyl groups is 1. The molecule has 0 aliphatic heterocycles. The maximum Gasteiger partial charge on any atom is 0.472 e. The molecule has 0 aromatic heterocycles. The predicted molar refractivity (Wildman–Crippen MR) is 194 cm³/mol. The summed E-state index contributed by atoms with van der Waals surface area (Å²) in [5, 5.41) is 13.9. The predicted octanol–water partition coefficient (Wildman–Crippen LogP) is 9.85. The van der Waals surface area contributed by atoms with Gasteiger partial charge in [0.05, 0.1) is 39.9 Å². The summed E-state index contributed by atoms with van der Waals surface area (Å²) in [4.78, 5) is 22.9. The number of nitrogens with zero attached hydrogens (tertiary/aromatic N) is 1. The molecule has 0 heterocycles. The highest BCUT2D eigenvalue weighted by atomic mass is 31.2. The van der Waals surface area contributed by atoms with Gasteiger partial charge in [0, 0.05) is 6.42 Å². The summed E-state index contributed by atoms with van der Waals surface area (Å²) in [5.74, 6) is -0.147. The highest BCUT2D eigenvalue weighted by Crippen LogP contribution is 2.43. The standard InChI is InChI=1S/C37H77N2O6P/c1-6-8-10-12-14-16-17-18-19-20-21-23-24-26-28-30-36(40)35(34-45-46(42,43)44-33-32-39(3,4)5)38-37(41)31-29-27-25-22-15-13-11-9-7-2/h35-36,40H,6-34H2,1-5H3,(H-,38,41,42,43)/p+1/t35-,36+/m0/s1. The van der Waals surface area contributed by atoms with Gasteiger partial charge >= 0.3 is 7.82 Å². The first-order valence-corrected chi connectivity index (χ1v) is 20.9. The Labute approximate surface area is 285 Å². The molecule has 0 fully saturated rings. The molecule has 0 spiro atoms. The molecule has 9 heteroatoms. The molecule has 0 saturated heterocycles. The highest BCUT2D eigenvalue weighted by Gasteiger charge is 2.28. The number of nitrogens with one attached hydrogen (secondary N) is 1. The lowest BCUT2D eigenvalue weighted by Crippen LogP contribution is -2.46. The zero-order valence-electron chi connectivity index (χ0n) is 31.1. The molecule has 1 unspecified atom stereocenters. The van der Waals surface area contributed by atoms with Crippen LogP contribution in [0.15, 0.2) is 0 Å². The van der Waals surface area contributed by atoms with E-state index in [0.717, 1.165) is 38.5 Å². The van der Waals surface area contributed by atoms with E-state index < -0.39 is 20.0 Å². The van der Waals surface area contributed by atoms with Gasteiger partial charge in [-0.2, -0.15) is 0 Å². The second-order valence-electron chi connectivity index (χ2n) is 14.7. The van der Waals surface area contributed by atoms with Gasteiger partial charge in [-0.3, -0.25) is 13.8 Å². The Morgan fingerprint density at radius 3 is 1.46 bits per heavy atom. The van der Waals surface area contributed by atoms with Crippen molar-refractivity contribution in [1.82, 2.24) is 5.32 Å². The molecular weight excluding hydrogens is 599 g/mol. The van der Waals surface area contributed by atoms with Crippen LogP contribution < -0.4 is 5.32 Å². The van der Waals surface area contributed by atoms with Crippen LogP contribution in [0.1, 0.15) is 181 Å². The zero-order chi connectivity index (χ0) is 34.4. The Balaban J connectivity index is 4.41. The number of unbranched alkanes of at least 4 members (excludes halogenated alkanes) is 22. The molecule has 0 saturated carbocycles. The molecule has 1 amide bonds. The van der Waals surface area contributed by atoms with Gasteiger partial charge in [0.25, 0.3) is 0 Å². The highest BCUT2D eigenvalue weighted by molar-refractivity contribution is 7.47. The molecule has 0 aromatic rings. The molecule has 8 nitrogen and oxygen atoms in total. The van der Waals surface area contributed by atoms with Gasteiger partial charge in [-0.25, -0.2) is 4.57 Å². The summed E-state index contributed by atoms with van der Waals surface area (Å²) in [6, 6.07) is -0.750. The van der Waals surface area contributed by atoms with Crippen LogP contribution >= 0.6 is 7.82 Å². The largest absolute Gasteiger partial charge is 0.472 e. The van der Waals surface area contributed by atoms with Crippen molar-refractivity contribution in [3.63, 3.8) is 0 Å². The average Bonchev–Trinajstić information content (AvgIpc) is 2.99. The van der Waals surface area contributed by atoms with Crippen LogP contribution in [0.25, 0.3) is 0 Å². The molecule has 0 aliphatic carbocycles. The fourth-order valence-electron chi connectivity index (χ4n) is 5.69. The van der Waals surface area contributed by atoms with Gasteiger partial charge in [-0.05, 0) is 12.8 Å². The molecule has 0 radical (unpaired) electrons. The third-order valence-corrected chi connectivity index (χ3v) is 9.84. The molecule has 3 N–H and O–H groups in total. The molecule has 46 heavy (non-hydrogen) atoms. The first-order valence-electron chi connectivity index (χ1n) is 19.4. The van der Waals surface area contributed by atoms with E-state index in [0.29, 0.717) is 23.9 Å². The summed E-state index contributed by atoms with van der Waals surface area (Å²) in [5.41, 5.74) is 0. The second-order valence-corrected chi connectivity index (χ2v) is 16.1. The monoisotopic (exact) mass is 678 g/mol. The minimum Gasteiger partial charge on any atom is -0.391 e. The minimum absolute atomic E-state index is 0.0780.